The molecule has 2 N–H and O–H groups in total. The molecule has 108 valence electrons. The Morgan fingerprint density at radius 2 is 2.00 bits per heavy atom. The average molecular weight is 347 g/mol. The molecule has 2 aromatic carbocycles. The summed E-state index contributed by atoms with van der Waals surface area (Å²) in [6, 6.07) is 14.6. The van der Waals surface area contributed by atoms with Crippen LogP contribution in [0.3, 0.4) is 0 Å². The maximum Gasteiger partial charge on any atom is 0.323 e. The van der Waals surface area contributed by atoms with E-state index < -0.39 is 0 Å². The highest BCUT2D eigenvalue weighted by molar-refractivity contribution is 9.10. The molecular formula is C16H15BrN2O2. The number of nitrogens with one attached hydrogen (secondary N) is 2. The van der Waals surface area contributed by atoms with Crippen LogP contribution >= 0.6 is 15.9 Å². The van der Waals surface area contributed by atoms with E-state index in [4.69, 9.17) is 4.74 Å². The van der Waals surface area contributed by atoms with Gasteiger partial charge in [0.2, 0.25) is 0 Å². The van der Waals surface area contributed by atoms with Gasteiger partial charge in [-0.25, -0.2) is 4.79 Å². The van der Waals surface area contributed by atoms with Gasteiger partial charge in [0, 0.05) is 22.4 Å². The molecule has 0 atom stereocenters. The van der Waals surface area contributed by atoms with E-state index in [1.807, 2.05) is 42.5 Å². The van der Waals surface area contributed by atoms with Crippen LogP contribution in [0.1, 0.15) is 5.56 Å². The molecule has 21 heavy (non-hydrogen) atoms. The number of methoxy groups -OCH3 is 1. The quantitative estimate of drug-likeness (QED) is 0.869. The summed E-state index contributed by atoms with van der Waals surface area (Å²) in [6.07, 6.45) is 3.41. The largest absolute Gasteiger partial charge is 0.497 e. The molecule has 0 saturated heterocycles. The van der Waals surface area contributed by atoms with Crippen molar-refractivity contribution in [2.24, 2.45) is 0 Å². The van der Waals surface area contributed by atoms with Gasteiger partial charge in [-0.1, -0.05) is 40.2 Å². The Morgan fingerprint density at radius 1 is 1.19 bits per heavy atom. The lowest BCUT2D eigenvalue weighted by Gasteiger charge is -2.06. The normalized spacial score (nSPS) is 10.4. The second kappa shape index (κ2) is 7.50. The van der Waals surface area contributed by atoms with Crippen molar-refractivity contribution in [2.45, 2.75) is 0 Å². The van der Waals surface area contributed by atoms with Crippen LogP contribution in [0.2, 0.25) is 0 Å². The molecule has 2 amide bonds. The third-order valence-corrected chi connectivity index (χ3v) is 3.43. The van der Waals surface area contributed by atoms with E-state index in [0.29, 0.717) is 11.4 Å². The van der Waals surface area contributed by atoms with Crippen molar-refractivity contribution in [1.29, 1.82) is 0 Å². The Kier molecular flexibility index (Phi) is 5.40. The molecule has 5 heteroatoms. The maximum atomic E-state index is 11.8. The van der Waals surface area contributed by atoms with Crippen molar-refractivity contribution in [1.82, 2.24) is 5.32 Å². The van der Waals surface area contributed by atoms with Crippen LogP contribution in [0.4, 0.5) is 10.5 Å². The first-order valence-electron chi connectivity index (χ1n) is 6.31. The average Bonchev–Trinajstić information content (AvgIpc) is 2.49. The predicted molar refractivity (Wildman–Crippen MR) is 88.3 cm³/mol. The third-order valence-electron chi connectivity index (χ3n) is 2.71. The van der Waals surface area contributed by atoms with Crippen molar-refractivity contribution < 1.29 is 9.53 Å². The van der Waals surface area contributed by atoms with Gasteiger partial charge >= 0.3 is 6.03 Å². The zero-order valence-electron chi connectivity index (χ0n) is 11.5. The fraction of sp³-hybridized carbons (Fsp3) is 0.0625. The first-order valence-corrected chi connectivity index (χ1v) is 7.11. The number of amides is 2. The van der Waals surface area contributed by atoms with Gasteiger partial charge in [-0.2, -0.15) is 0 Å². The number of halogens is 1. The number of benzene rings is 2. The summed E-state index contributed by atoms with van der Waals surface area (Å²) in [4.78, 5) is 11.8. The highest BCUT2D eigenvalue weighted by Gasteiger charge is 2.00. The minimum Gasteiger partial charge on any atom is -0.497 e. The molecule has 0 bridgehead atoms. The van der Waals surface area contributed by atoms with Crippen LogP contribution in [0, 0.1) is 0 Å². The Morgan fingerprint density at radius 3 is 2.76 bits per heavy atom. The molecular weight excluding hydrogens is 332 g/mol. The molecule has 0 heterocycles. The van der Waals surface area contributed by atoms with Crippen molar-refractivity contribution in [3.8, 4) is 5.75 Å². The summed E-state index contributed by atoms with van der Waals surface area (Å²) in [6.45, 7) is 0. The highest BCUT2D eigenvalue weighted by atomic mass is 79.9. The third kappa shape index (κ3) is 4.65. The van der Waals surface area contributed by atoms with Crippen LogP contribution in [0.5, 0.6) is 5.75 Å². The van der Waals surface area contributed by atoms with E-state index in [1.165, 1.54) is 0 Å². The van der Waals surface area contributed by atoms with Gasteiger partial charge in [0.1, 0.15) is 5.75 Å². The van der Waals surface area contributed by atoms with Gasteiger partial charge in [0.25, 0.3) is 0 Å². The Hall–Kier alpha value is -2.27. The van der Waals surface area contributed by atoms with E-state index in [0.717, 1.165) is 10.0 Å². The number of hydrogen-bond acceptors (Lipinski definition) is 2. The van der Waals surface area contributed by atoms with Gasteiger partial charge in [-0.05, 0) is 29.8 Å². The number of hydrogen-bond donors (Lipinski definition) is 2. The fourth-order valence-electron chi connectivity index (χ4n) is 1.69. The maximum absolute atomic E-state index is 11.8. The molecule has 2 rings (SSSR count). The highest BCUT2D eigenvalue weighted by Crippen LogP contribution is 2.17. The lowest BCUT2D eigenvalue weighted by Crippen LogP contribution is -2.23. The lowest BCUT2D eigenvalue weighted by atomic mass is 10.2. The number of rotatable bonds is 4. The number of anilines is 1. The molecule has 4 nitrogen and oxygen atoms in total. The van der Waals surface area contributed by atoms with E-state index in [1.54, 1.807) is 25.4 Å². The van der Waals surface area contributed by atoms with E-state index >= 15 is 0 Å². The molecule has 0 unspecified atom stereocenters. The SMILES string of the molecule is COc1cccc(NC(=O)N/C=C/c2ccccc2Br)c1. The smallest absolute Gasteiger partial charge is 0.323 e. The molecule has 0 fully saturated rings. The Bertz CT molecular complexity index is 656. The van der Waals surface area contributed by atoms with Crippen LogP contribution < -0.4 is 15.4 Å². The van der Waals surface area contributed by atoms with E-state index in [-0.39, 0.29) is 6.03 Å². The van der Waals surface area contributed by atoms with E-state index in [9.17, 15) is 4.79 Å². The van der Waals surface area contributed by atoms with Crippen LogP contribution in [0.25, 0.3) is 6.08 Å². The summed E-state index contributed by atoms with van der Waals surface area (Å²) < 4.78 is 6.07. The molecule has 0 aromatic heterocycles. The summed E-state index contributed by atoms with van der Waals surface area (Å²) in [5.41, 5.74) is 1.65. The van der Waals surface area contributed by atoms with Crippen molar-refractivity contribution in [3.63, 3.8) is 0 Å². The van der Waals surface area contributed by atoms with Gasteiger partial charge in [0.05, 0.1) is 7.11 Å². The molecule has 0 saturated carbocycles. The summed E-state index contributed by atoms with van der Waals surface area (Å²) in [5.74, 6) is 0.691. The topological polar surface area (TPSA) is 50.4 Å². The van der Waals surface area contributed by atoms with Gasteiger partial charge in [-0.3, -0.25) is 0 Å². The molecule has 0 aliphatic heterocycles. The number of ether oxygens (including phenoxy) is 1. The minimum absolute atomic E-state index is 0.313. The molecule has 0 radical (unpaired) electrons. The van der Waals surface area contributed by atoms with Crippen LogP contribution in [-0.2, 0) is 0 Å². The van der Waals surface area contributed by atoms with Crippen LogP contribution in [-0.4, -0.2) is 13.1 Å². The number of carbonyl (C=O) groups excluding carboxylic acids is 1. The lowest BCUT2D eigenvalue weighted by molar-refractivity contribution is 0.255. The van der Waals surface area contributed by atoms with Gasteiger partial charge < -0.3 is 15.4 Å². The molecule has 0 aliphatic rings. The minimum atomic E-state index is -0.313. The molecule has 0 aliphatic carbocycles. The van der Waals surface area contributed by atoms with Crippen molar-refractivity contribution in [2.75, 3.05) is 12.4 Å². The summed E-state index contributed by atoms with van der Waals surface area (Å²) in [5, 5.41) is 5.38. The Balaban J connectivity index is 1.91. The van der Waals surface area contributed by atoms with Gasteiger partial charge in [0.15, 0.2) is 0 Å². The first kappa shape index (κ1) is 15.1. The Labute approximate surface area is 132 Å². The van der Waals surface area contributed by atoms with Crippen molar-refractivity contribution in [3.05, 3.63) is 64.8 Å². The predicted octanol–water partition coefficient (Wildman–Crippen LogP) is 4.25. The van der Waals surface area contributed by atoms with Crippen molar-refractivity contribution >= 4 is 33.7 Å². The first-order chi connectivity index (χ1) is 10.2. The summed E-state index contributed by atoms with van der Waals surface area (Å²) >= 11 is 3.44. The fourth-order valence-corrected chi connectivity index (χ4v) is 2.10. The monoisotopic (exact) mass is 346 g/mol. The second-order valence-electron chi connectivity index (χ2n) is 4.19. The van der Waals surface area contributed by atoms with Gasteiger partial charge in [-0.15, -0.1) is 0 Å². The zero-order chi connectivity index (χ0) is 15.1. The molecule has 2 aromatic rings. The van der Waals surface area contributed by atoms with E-state index in [2.05, 4.69) is 26.6 Å². The van der Waals surface area contributed by atoms with Crippen LogP contribution in [0.15, 0.2) is 59.2 Å². The second-order valence-corrected chi connectivity index (χ2v) is 5.04. The standard InChI is InChI=1S/C16H15BrN2O2/c1-21-14-7-4-6-13(11-14)19-16(20)18-10-9-12-5-2-3-8-15(12)17/h2-11H,1H3,(H2,18,19,20)/b10-9+. The number of carbonyl (C=O) groups is 1. The number of urea groups is 1. The zero-order valence-corrected chi connectivity index (χ0v) is 13.1. The summed E-state index contributed by atoms with van der Waals surface area (Å²) in [7, 11) is 1.58. The molecule has 0 spiro atoms.